The third kappa shape index (κ3) is 7.61. The average molecular weight is 422 g/mol. The number of benzene rings is 1. The SMILES string of the molecule is O=C(NCCCCC(C(=O)N/N=C/c1ccncc1)N1CCCCC1)c1ccccc1. The minimum Gasteiger partial charge on any atom is -0.352 e. The molecular weight excluding hydrogens is 390 g/mol. The Labute approximate surface area is 183 Å². The summed E-state index contributed by atoms with van der Waals surface area (Å²) < 4.78 is 0. The molecule has 0 bridgehead atoms. The van der Waals surface area contributed by atoms with E-state index in [9.17, 15) is 9.59 Å². The quantitative estimate of drug-likeness (QED) is 0.351. The van der Waals surface area contributed by atoms with E-state index in [0.29, 0.717) is 12.1 Å². The molecule has 1 aromatic carbocycles. The monoisotopic (exact) mass is 421 g/mol. The van der Waals surface area contributed by atoms with Crippen molar-refractivity contribution in [3.05, 3.63) is 66.0 Å². The Bertz CT molecular complexity index is 836. The van der Waals surface area contributed by atoms with Crippen LogP contribution in [0.5, 0.6) is 0 Å². The highest BCUT2D eigenvalue weighted by molar-refractivity contribution is 5.94. The molecule has 7 nitrogen and oxygen atoms in total. The Morgan fingerprint density at radius 3 is 2.52 bits per heavy atom. The number of hydrazone groups is 1. The summed E-state index contributed by atoms with van der Waals surface area (Å²) in [4.78, 5) is 31.2. The summed E-state index contributed by atoms with van der Waals surface area (Å²) in [7, 11) is 0. The average Bonchev–Trinajstić information content (AvgIpc) is 2.83. The number of nitrogens with zero attached hydrogens (tertiary/aromatic N) is 3. The van der Waals surface area contributed by atoms with E-state index in [4.69, 9.17) is 0 Å². The summed E-state index contributed by atoms with van der Waals surface area (Å²) >= 11 is 0. The molecule has 31 heavy (non-hydrogen) atoms. The minimum atomic E-state index is -0.195. The summed E-state index contributed by atoms with van der Waals surface area (Å²) in [5.74, 6) is -0.128. The van der Waals surface area contributed by atoms with Crippen molar-refractivity contribution in [1.29, 1.82) is 0 Å². The van der Waals surface area contributed by atoms with Gasteiger partial charge in [-0.3, -0.25) is 19.5 Å². The van der Waals surface area contributed by atoms with Gasteiger partial charge >= 0.3 is 0 Å². The largest absolute Gasteiger partial charge is 0.352 e. The van der Waals surface area contributed by atoms with Gasteiger partial charge in [-0.05, 0) is 75.0 Å². The first-order valence-corrected chi connectivity index (χ1v) is 11.0. The van der Waals surface area contributed by atoms with Gasteiger partial charge in [-0.15, -0.1) is 0 Å². The van der Waals surface area contributed by atoms with Crippen molar-refractivity contribution in [1.82, 2.24) is 20.6 Å². The molecule has 2 heterocycles. The molecule has 1 aliphatic heterocycles. The van der Waals surface area contributed by atoms with E-state index < -0.39 is 0 Å². The Morgan fingerprint density at radius 1 is 1.03 bits per heavy atom. The number of nitrogens with one attached hydrogen (secondary N) is 2. The van der Waals surface area contributed by atoms with E-state index in [0.717, 1.165) is 50.8 Å². The molecule has 2 amide bonds. The molecule has 1 aromatic heterocycles. The number of carbonyl (C=O) groups is 2. The maximum Gasteiger partial charge on any atom is 0.257 e. The van der Waals surface area contributed by atoms with Gasteiger partial charge in [-0.25, -0.2) is 5.43 Å². The van der Waals surface area contributed by atoms with Crippen LogP contribution in [0.15, 0.2) is 60.0 Å². The predicted molar refractivity (Wildman–Crippen MR) is 122 cm³/mol. The minimum absolute atomic E-state index is 0.0589. The highest BCUT2D eigenvalue weighted by Gasteiger charge is 2.26. The molecule has 0 spiro atoms. The topological polar surface area (TPSA) is 86.7 Å². The second-order valence-electron chi connectivity index (χ2n) is 7.74. The van der Waals surface area contributed by atoms with Crippen LogP contribution < -0.4 is 10.7 Å². The lowest BCUT2D eigenvalue weighted by Crippen LogP contribution is -2.47. The fraction of sp³-hybridized carbons (Fsp3) is 0.417. The maximum atomic E-state index is 12.8. The Morgan fingerprint density at radius 2 is 1.77 bits per heavy atom. The fourth-order valence-electron chi connectivity index (χ4n) is 3.76. The zero-order valence-corrected chi connectivity index (χ0v) is 17.9. The second-order valence-corrected chi connectivity index (χ2v) is 7.74. The van der Waals surface area contributed by atoms with Crippen LogP contribution in [0.4, 0.5) is 0 Å². The number of piperidine rings is 1. The molecule has 1 unspecified atom stereocenters. The van der Waals surface area contributed by atoms with Crippen molar-refractivity contribution < 1.29 is 9.59 Å². The van der Waals surface area contributed by atoms with Gasteiger partial charge in [0.1, 0.15) is 0 Å². The number of unbranched alkanes of at least 4 members (excludes halogenated alkanes) is 1. The van der Waals surface area contributed by atoms with E-state index in [1.54, 1.807) is 30.7 Å². The van der Waals surface area contributed by atoms with Crippen molar-refractivity contribution >= 4 is 18.0 Å². The van der Waals surface area contributed by atoms with Gasteiger partial charge in [0.05, 0.1) is 12.3 Å². The number of rotatable bonds is 10. The third-order valence-corrected chi connectivity index (χ3v) is 5.45. The molecule has 164 valence electrons. The van der Waals surface area contributed by atoms with E-state index in [1.807, 2.05) is 30.3 Å². The lowest BCUT2D eigenvalue weighted by atomic mass is 10.0. The van der Waals surface area contributed by atoms with Crippen LogP contribution in [0, 0.1) is 0 Å². The van der Waals surface area contributed by atoms with Crippen LogP contribution in [0.1, 0.15) is 54.4 Å². The van der Waals surface area contributed by atoms with E-state index in [2.05, 4.69) is 25.7 Å². The van der Waals surface area contributed by atoms with Crippen LogP contribution in [-0.2, 0) is 4.79 Å². The van der Waals surface area contributed by atoms with Crippen LogP contribution in [0.2, 0.25) is 0 Å². The summed E-state index contributed by atoms with van der Waals surface area (Å²) in [6.45, 7) is 2.48. The number of aromatic nitrogens is 1. The number of amides is 2. The van der Waals surface area contributed by atoms with Crippen molar-refractivity contribution in [3.63, 3.8) is 0 Å². The first kappa shape index (κ1) is 22.6. The predicted octanol–water partition coefficient (Wildman–Crippen LogP) is 2.99. The molecule has 3 rings (SSSR count). The Hall–Kier alpha value is -3.06. The summed E-state index contributed by atoms with van der Waals surface area (Å²) in [6.07, 6.45) is 10.9. The number of hydrogen-bond donors (Lipinski definition) is 2. The van der Waals surface area contributed by atoms with Gasteiger partial charge in [0.2, 0.25) is 0 Å². The third-order valence-electron chi connectivity index (χ3n) is 5.45. The van der Waals surface area contributed by atoms with Crippen molar-refractivity contribution in [2.45, 2.75) is 44.6 Å². The molecule has 0 aliphatic carbocycles. The van der Waals surface area contributed by atoms with Crippen molar-refractivity contribution in [3.8, 4) is 0 Å². The molecule has 1 aliphatic rings. The molecule has 0 saturated carbocycles. The first-order chi connectivity index (χ1) is 15.2. The lowest BCUT2D eigenvalue weighted by molar-refractivity contribution is -0.127. The van der Waals surface area contributed by atoms with Gasteiger partial charge in [0.25, 0.3) is 11.8 Å². The highest BCUT2D eigenvalue weighted by Crippen LogP contribution is 2.16. The molecule has 1 atom stereocenters. The van der Waals surface area contributed by atoms with Gasteiger partial charge in [-0.2, -0.15) is 5.10 Å². The van der Waals surface area contributed by atoms with E-state index in [1.165, 1.54) is 6.42 Å². The van der Waals surface area contributed by atoms with Gasteiger partial charge < -0.3 is 5.32 Å². The molecule has 1 saturated heterocycles. The second kappa shape index (κ2) is 12.6. The number of likely N-dealkylation sites (tertiary alicyclic amines) is 1. The molecule has 2 aromatic rings. The van der Waals surface area contributed by atoms with E-state index >= 15 is 0 Å². The number of carbonyl (C=O) groups excluding carboxylic acids is 2. The molecule has 2 N–H and O–H groups in total. The zero-order chi connectivity index (χ0) is 21.7. The number of pyridine rings is 1. The molecule has 7 heteroatoms. The van der Waals surface area contributed by atoms with Crippen LogP contribution >= 0.6 is 0 Å². The molecule has 0 radical (unpaired) electrons. The standard InChI is InChI=1S/C24H31N5O2/c30-23(21-9-3-1-4-10-21)26-14-6-5-11-22(29-17-7-2-8-18-29)24(31)28-27-19-20-12-15-25-16-13-20/h1,3-4,9-10,12-13,15-16,19,22H,2,5-8,11,14,17-18H2,(H,26,30)(H,28,31)/b27-19+. The van der Waals surface area contributed by atoms with Gasteiger partial charge in [-0.1, -0.05) is 24.6 Å². The van der Waals surface area contributed by atoms with E-state index in [-0.39, 0.29) is 17.9 Å². The van der Waals surface area contributed by atoms with Crippen LogP contribution in [-0.4, -0.2) is 53.6 Å². The fourth-order valence-corrected chi connectivity index (χ4v) is 3.76. The van der Waals surface area contributed by atoms with Gasteiger partial charge in [0, 0.05) is 24.5 Å². The maximum absolute atomic E-state index is 12.8. The smallest absolute Gasteiger partial charge is 0.257 e. The van der Waals surface area contributed by atoms with Crippen LogP contribution in [0.25, 0.3) is 0 Å². The number of hydrogen-bond acceptors (Lipinski definition) is 5. The summed E-state index contributed by atoms with van der Waals surface area (Å²) in [6, 6.07) is 12.7. The van der Waals surface area contributed by atoms with Gasteiger partial charge in [0.15, 0.2) is 0 Å². The molecule has 1 fully saturated rings. The Kier molecular flexibility index (Phi) is 9.19. The van der Waals surface area contributed by atoms with Crippen molar-refractivity contribution in [2.75, 3.05) is 19.6 Å². The van der Waals surface area contributed by atoms with Crippen LogP contribution in [0.3, 0.4) is 0 Å². The Balaban J connectivity index is 1.46. The summed E-state index contributed by atoms with van der Waals surface area (Å²) in [5.41, 5.74) is 4.26. The first-order valence-electron chi connectivity index (χ1n) is 11.0. The molecular formula is C24H31N5O2. The zero-order valence-electron chi connectivity index (χ0n) is 17.9. The normalized spacial score (nSPS) is 15.5. The highest BCUT2D eigenvalue weighted by atomic mass is 16.2. The van der Waals surface area contributed by atoms with Crippen molar-refractivity contribution in [2.24, 2.45) is 5.10 Å². The lowest BCUT2D eigenvalue weighted by Gasteiger charge is -2.33. The summed E-state index contributed by atoms with van der Waals surface area (Å²) in [5, 5.41) is 7.07.